The van der Waals surface area contributed by atoms with Gasteiger partial charge >= 0.3 is 0 Å². The molecule has 1 amide bonds. The van der Waals surface area contributed by atoms with Gasteiger partial charge in [-0.05, 0) is 20.8 Å². The summed E-state index contributed by atoms with van der Waals surface area (Å²) in [6, 6.07) is 7.51. The van der Waals surface area contributed by atoms with Gasteiger partial charge in [-0.25, -0.2) is 9.97 Å². The van der Waals surface area contributed by atoms with Crippen LogP contribution in [0, 0.1) is 13.8 Å². The Balaban J connectivity index is 0.00000480. The standard InChI is InChI=1S/C22H28N4O3S.ClH/c1-15-4-6-18(7-5-15)20(29)9-11-30-21(8-10-27)16(2)26(14-28)13-19-12-24-17(3)25-22(19)23;/h4-7,12,14,27H,8-11,13H2,1-3H3,(H2,23,24,25);1H/b21-16-;. The molecule has 0 unspecified atom stereocenters. The Labute approximate surface area is 193 Å². The molecule has 0 aliphatic carbocycles. The summed E-state index contributed by atoms with van der Waals surface area (Å²) in [4.78, 5) is 34.7. The van der Waals surface area contributed by atoms with Gasteiger partial charge in [0.1, 0.15) is 11.6 Å². The van der Waals surface area contributed by atoms with Crippen molar-refractivity contribution < 1.29 is 14.7 Å². The lowest BCUT2D eigenvalue weighted by molar-refractivity contribution is -0.116. The van der Waals surface area contributed by atoms with Crippen LogP contribution in [-0.2, 0) is 11.3 Å². The Morgan fingerprint density at radius 3 is 2.48 bits per heavy atom. The van der Waals surface area contributed by atoms with Crippen molar-refractivity contribution in [3.8, 4) is 0 Å². The van der Waals surface area contributed by atoms with E-state index >= 15 is 0 Å². The third kappa shape index (κ3) is 7.97. The van der Waals surface area contributed by atoms with Crippen molar-refractivity contribution in [3.63, 3.8) is 0 Å². The molecule has 1 aromatic heterocycles. The maximum atomic E-state index is 12.4. The molecule has 0 spiro atoms. The first-order valence-electron chi connectivity index (χ1n) is 9.69. The van der Waals surface area contributed by atoms with Crippen LogP contribution in [0.4, 0.5) is 5.82 Å². The van der Waals surface area contributed by atoms with Crippen LogP contribution in [0.5, 0.6) is 0 Å². The summed E-state index contributed by atoms with van der Waals surface area (Å²) in [5.74, 6) is 1.53. The third-order valence-corrected chi connectivity index (χ3v) is 5.89. The number of amides is 1. The van der Waals surface area contributed by atoms with Crippen LogP contribution < -0.4 is 5.73 Å². The first kappa shape index (κ1) is 26.6. The van der Waals surface area contributed by atoms with E-state index < -0.39 is 0 Å². The van der Waals surface area contributed by atoms with Crippen molar-refractivity contribution in [1.29, 1.82) is 0 Å². The molecule has 168 valence electrons. The van der Waals surface area contributed by atoms with E-state index in [4.69, 9.17) is 5.73 Å². The van der Waals surface area contributed by atoms with E-state index in [1.54, 1.807) is 13.1 Å². The van der Waals surface area contributed by atoms with Gasteiger partial charge in [0.2, 0.25) is 6.41 Å². The molecule has 7 nitrogen and oxygen atoms in total. The maximum Gasteiger partial charge on any atom is 0.214 e. The molecule has 0 saturated heterocycles. The van der Waals surface area contributed by atoms with Gasteiger partial charge in [-0.15, -0.1) is 24.2 Å². The van der Waals surface area contributed by atoms with Crippen molar-refractivity contribution >= 4 is 42.2 Å². The highest BCUT2D eigenvalue weighted by Gasteiger charge is 2.15. The normalized spacial score (nSPS) is 11.4. The predicted molar refractivity (Wildman–Crippen MR) is 127 cm³/mol. The van der Waals surface area contributed by atoms with Crippen molar-refractivity contribution in [1.82, 2.24) is 14.9 Å². The molecular weight excluding hydrogens is 436 g/mol. The van der Waals surface area contributed by atoms with Gasteiger partial charge in [-0.2, -0.15) is 0 Å². The molecule has 1 heterocycles. The molecule has 0 bridgehead atoms. The lowest BCUT2D eigenvalue weighted by Crippen LogP contribution is -2.22. The molecule has 3 N–H and O–H groups in total. The summed E-state index contributed by atoms with van der Waals surface area (Å²) in [6.45, 7) is 5.73. The second kappa shape index (κ2) is 13.1. The van der Waals surface area contributed by atoms with Crippen molar-refractivity contribution in [3.05, 3.63) is 63.6 Å². The second-order valence-electron chi connectivity index (χ2n) is 6.93. The summed E-state index contributed by atoms with van der Waals surface area (Å²) < 4.78 is 0. The third-order valence-electron chi connectivity index (χ3n) is 4.64. The Kier molecular flexibility index (Phi) is 11.2. The number of nitrogens with zero attached hydrogens (tertiary/aromatic N) is 3. The number of halogens is 1. The molecule has 2 rings (SSSR count). The molecule has 2 aromatic rings. The van der Waals surface area contributed by atoms with Crippen LogP contribution in [0.2, 0.25) is 0 Å². The summed E-state index contributed by atoms with van der Waals surface area (Å²) in [7, 11) is 0. The highest BCUT2D eigenvalue weighted by atomic mass is 35.5. The van der Waals surface area contributed by atoms with Gasteiger partial charge < -0.3 is 15.7 Å². The van der Waals surface area contributed by atoms with Gasteiger partial charge in [0.05, 0.1) is 6.54 Å². The number of allylic oxidation sites excluding steroid dienone is 1. The number of carbonyl (C=O) groups is 2. The van der Waals surface area contributed by atoms with E-state index in [1.165, 1.54) is 16.7 Å². The highest BCUT2D eigenvalue weighted by Crippen LogP contribution is 2.27. The van der Waals surface area contributed by atoms with Crippen molar-refractivity contribution in [2.45, 2.75) is 40.2 Å². The minimum Gasteiger partial charge on any atom is -0.396 e. The molecular formula is C22H29ClN4O3S. The van der Waals surface area contributed by atoms with Crippen LogP contribution >= 0.6 is 24.2 Å². The van der Waals surface area contributed by atoms with Gasteiger partial charge in [0.15, 0.2) is 5.78 Å². The topological polar surface area (TPSA) is 109 Å². The number of anilines is 1. The highest BCUT2D eigenvalue weighted by molar-refractivity contribution is 8.03. The minimum atomic E-state index is -0.0476. The molecule has 0 fully saturated rings. The molecule has 9 heteroatoms. The Morgan fingerprint density at radius 1 is 1.23 bits per heavy atom. The fraction of sp³-hybridized carbons (Fsp3) is 0.364. The quantitative estimate of drug-likeness (QED) is 0.385. The number of aliphatic hydroxyl groups excluding tert-OH is 1. The number of ketones is 1. The van der Waals surface area contributed by atoms with Crippen LogP contribution in [0.25, 0.3) is 0 Å². The van der Waals surface area contributed by atoms with E-state index in [0.29, 0.717) is 47.1 Å². The lowest BCUT2D eigenvalue weighted by atomic mass is 10.1. The monoisotopic (exact) mass is 464 g/mol. The number of rotatable bonds is 11. The largest absolute Gasteiger partial charge is 0.396 e. The Morgan fingerprint density at radius 2 is 1.90 bits per heavy atom. The number of aromatic nitrogens is 2. The van der Waals surface area contributed by atoms with Crippen LogP contribution in [0.1, 0.15) is 47.1 Å². The molecule has 0 atom stereocenters. The number of nitrogens with two attached hydrogens (primary N) is 1. The fourth-order valence-electron chi connectivity index (χ4n) is 2.82. The average molecular weight is 465 g/mol. The summed E-state index contributed by atoms with van der Waals surface area (Å²) >= 11 is 1.48. The van der Waals surface area contributed by atoms with Crippen molar-refractivity contribution in [2.75, 3.05) is 18.1 Å². The zero-order valence-corrected chi connectivity index (χ0v) is 19.6. The average Bonchev–Trinajstić information content (AvgIpc) is 2.72. The molecule has 0 radical (unpaired) electrons. The van der Waals surface area contributed by atoms with E-state index in [1.807, 2.05) is 38.1 Å². The first-order valence-corrected chi connectivity index (χ1v) is 10.7. The molecule has 1 aromatic carbocycles. The number of carbonyl (C=O) groups excluding carboxylic acids is 2. The smallest absolute Gasteiger partial charge is 0.214 e. The minimum absolute atomic E-state index is 0. The summed E-state index contributed by atoms with van der Waals surface area (Å²) in [6.07, 6.45) is 3.11. The second-order valence-corrected chi connectivity index (χ2v) is 8.12. The van der Waals surface area contributed by atoms with Crippen molar-refractivity contribution in [2.24, 2.45) is 0 Å². The number of nitrogen functional groups attached to an aromatic ring is 1. The molecule has 0 saturated carbocycles. The number of thioether (sulfide) groups is 1. The number of benzene rings is 1. The zero-order chi connectivity index (χ0) is 22.1. The Hall–Kier alpha value is -2.42. The van der Waals surface area contributed by atoms with E-state index in [2.05, 4.69) is 9.97 Å². The summed E-state index contributed by atoms with van der Waals surface area (Å²) in [5.41, 5.74) is 9.11. The van der Waals surface area contributed by atoms with Gasteiger partial charge in [0, 0.05) is 53.1 Å². The number of aryl methyl sites for hydroxylation is 2. The van der Waals surface area contributed by atoms with Crippen LogP contribution in [0.3, 0.4) is 0 Å². The number of hydrogen-bond acceptors (Lipinski definition) is 7. The number of Topliss-reactive ketones (excluding diaryl/α,β-unsaturated/α-hetero) is 1. The molecule has 31 heavy (non-hydrogen) atoms. The van der Waals surface area contributed by atoms with E-state index in [0.717, 1.165) is 16.9 Å². The van der Waals surface area contributed by atoms with Crippen LogP contribution in [0.15, 0.2) is 41.1 Å². The summed E-state index contributed by atoms with van der Waals surface area (Å²) in [5, 5.41) is 9.46. The molecule has 0 aliphatic heterocycles. The van der Waals surface area contributed by atoms with Gasteiger partial charge in [-0.3, -0.25) is 9.59 Å². The first-order chi connectivity index (χ1) is 14.3. The predicted octanol–water partition coefficient (Wildman–Crippen LogP) is 3.68. The maximum absolute atomic E-state index is 12.4. The van der Waals surface area contributed by atoms with Crippen LogP contribution in [-0.4, -0.2) is 44.5 Å². The Bertz CT molecular complexity index is 919. The fourth-order valence-corrected chi connectivity index (χ4v) is 3.92. The molecule has 0 aliphatic rings. The van der Waals surface area contributed by atoms with Gasteiger partial charge in [-0.1, -0.05) is 29.8 Å². The van der Waals surface area contributed by atoms with Gasteiger partial charge in [0.25, 0.3) is 0 Å². The van der Waals surface area contributed by atoms with E-state index in [9.17, 15) is 14.7 Å². The SMILES string of the molecule is C/C(=C(\CCO)SCCC(=O)c1ccc(C)cc1)N(C=O)Cc1cnc(C)nc1N.Cl. The number of aliphatic hydroxyl groups is 1. The zero-order valence-electron chi connectivity index (χ0n) is 18.0. The lowest BCUT2D eigenvalue weighted by Gasteiger charge is -2.22. The number of hydrogen-bond donors (Lipinski definition) is 2. The van der Waals surface area contributed by atoms with E-state index in [-0.39, 0.29) is 31.3 Å².